The highest BCUT2D eigenvalue weighted by Gasteiger charge is 2.13. The molecule has 0 saturated carbocycles. The zero-order valence-corrected chi connectivity index (χ0v) is 10.3. The first kappa shape index (κ1) is 13.4. The first-order valence-electron chi connectivity index (χ1n) is 5.27. The molecule has 90 valence electrons. The molecule has 0 spiro atoms. The van der Waals surface area contributed by atoms with Crippen molar-refractivity contribution in [1.29, 1.82) is 0 Å². The molecule has 0 heterocycles. The second-order valence-electron chi connectivity index (χ2n) is 3.46. The standard InChI is InChI=1S/C13H14ClNO2/c1-3-4-8-15-13(16)10(2)17-12-7-5-6-11(14)9-12/h1,5-7,9-10H,4,8H2,2H3,(H,15,16). The van der Waals surface area contributed by atoms with Gasteiger partial charge in [0.15, 0.2) is 6.10 Å². The number of terminal acetylenes is 1. The van der Waals surface area contributed by atoms with Gasteiger partial charge in [0, 0.05) is 18.0 Å². The minimum atomic E-state index is -0.578. The molecule has 0 bridgehead atoms. The molecule has 0 fully saturated rings. The van der Waals surface area contributed by atoms with Gasteiger partial charge in [-0.3, -0.25) is 4.79 Å². The third-order valence-corrected chi connectivity index (χ3v) is 2.28. The molecule has 0 saturated heterocycles. The Bertz CT molecular complexity index is 426. The van der Waals surface area contributed by atoms with E-state index >= 15 is 0 Å². The fourth-order valence-electron chi connectivity index (χ4n) is 1.20. The average Bonchev–Trinajstić information content (AvgIpc) is 2.29. The quantitative estimate of drug-likeness (QED) is 0.644. The predicted molar refractivity (Wildman–Crippen MR) is 68.0 cm³/mol. The van der Waals surface area contributed by atoms with Crippen molar-refractivity contribution in [3.05, 3.63) is 29.3 Å². The largest absolute Gasteiger partial charge is 0.481 e. The van der Waals surface area contributed by atoms with E-state index in [1.54, 1.807) is 31.2 Å². The van der Waals surface area contributed by atoms with Crippen molar-refractivity contribution in [1.82, 2.24) is 5.32 Å². The molecule has 0 aliphatic heterocycles. The van der Waals surface area contributed by atoms with Gasteiger partial charge in [0.2, 0.25) is 0 Å². The number of halogens is 1. The maximum absolute atomic E-state index is 11.6. The second-order valence-corrected chi connectivity index (χ2v) is 3.90. The number of hydrogen-bond acceptors (Lipinski definition) is 2. The van der Waals surface area contributed by atoms with Crippen LogP contribution in [0.5, 0.6) is 5.75 Å². The van der Waals surface area contributed by atoms with Crippen molar-refractivity contribution in [2.75, 3.05) is 6.54 Å². The van der Waals surface area contributed by atoms with E-state index in [2.05, 4.69) is 11.2 Å². The Morgan fingerprint density at radius 3 is 3.06 bits per heavy atom. The maximum atomic E-state index is 11.6. The van der Waals surface area contributed by atoms with Crippen LogP contribution in [-0.2, 0) is 4.79 Å². The summed E-state index contributed by atoms with van der Waals surface area (Å²) < 4.78 is 5.44. The Kier molecular flexibility index (Phi) is 5.38. The van der Waals surface area contributed by atoms with Crippen LogP contribution < -0.4 is 10.1 Å². The zero-order valence-electron chi connectivity index (χ0n) is 9.57. The van der Waals surface area contributed by atoms with E-state index in [1.165, 1.54) is 0 Å². The number of amides is 1. The average molecular weight is 252 g/mol. The van der Waals surface area contributed by atoms with Gasteiger partial charge in [-0.15, -0.1) is 12.3 Å². The van der Waals surface area contributed by atoms with Crippen molar-refractivity contribution in [2.45, 2.75) is 19.4 Å². The second kappa shape index (κ2) is 6.82. The fourth-order valence-corrected chi connectivity index (χ4v) is 1.38. The predicted octanol–water partition coefficient (Wildman–Crippen LogP) is 2.25. The van der Waals surface area contributed by atoms with Crippen LogP contribution in [0.4, 0.5) is 0 Å². The van der Waals surface area contributed by atoms with E-state index in [4.69, 9.17) is 22.8 Å². The van der Waals surface area contributed by atoms with Crippen LogP contribution in [0.3, 0.4) is 0 Å². The van der Waals surface area contributed by atoms with Gasteiger partial charge >= 0.3 is 0 Å². The van der Waals surface area contributed by atoms with E-state index in [-0.39, 0.29) is 5.91 Å². The van der Waals surface area contributed by atoms with Gasteiger partial charge in [-0.25, -0.2) is 0 Å². The summed E-state index contributed by atoms with van der Waals surface area (Å²) in [6, 6.07) is 6.91. The van der Waals surface area contributed by atoms with Gasteiger partial charge in [0.25, 0.3) is 5.91 Å². The van der Waals surface area contributed by atoms with Gasteiger partial charge in [-0.05, 0) is 25.1 Å². The molecule has 0 aliphatic carbocycles. The molecule has 0 aliphatic rings. The van der Waals surface area contributed by atoms with Crippen molar-refractivity contribution < 1.29 is 9.53 Å². The highest BCUT2D eigenvalue weighted by Crippen LogP contribution is 2.18. The summed E-state index contributed by atoms with van der Waals surface area (Å²) in [6.45, 7) is 2.13. The summed E-state index contributed by atoms with van der Waals surface area (Å²) in [4.78, 5) is 11.6. The van der Waals surface area contributed by atoms with Crippen LogP contribution in [0.2, 0.25) is 5.02 Å². The van der Waals surface area contributed by atoms with Gasteiger partial charge in [-0.1, -0.05) is 17.7 Å². The SMILES string of the molecule is C#CCCNC(=O)C(C)Oc1cccc(Cl)c1. The van der Waals surface area contributed by atoms with Gasteiger partial charge in [0.05, 0.1) is 0 Å². The van der Waals surface area contributed by atoms with Crippen molar-refractivity contribution in [3.63, 3.8) is 0 Å². The molecule has 4 heteroatoms. The lowest BCUT2D eigenvalue weighted by molar-refractivity contribution is -0.127. The molecule has 17 heavy (non-hydrogen) atoms. The van der Waals surface area contributed by atoms with Crippen LogP contribution in [0.15, 0.2) is 24.3 Å². The minimum absolute atomic E-state index is 0.194. The van der Waals surface area contributed by atoms with E-state index in [1.807, 2.05) is 0 Å². The van der Waals surface area contributed by atoms with Crippen LogP contribution in [0.1, 0.15) is 13.3 Å². The Balaban J connectivity index is 2.46. The summed E-state index contributed by atoms with van der Waals surface area (Å²) in [7, 11) is 0. The normalized spacial score (nSPS) is 11.4. The molecule has 1 aromatic carbocycles. The van der Waals surface area contributed by atoms with E-state index in [9.17, 15) is 4.79 Å². The molecule has 1 aromatic rings. The molecule has 1 unspecified atom stereocenters. The molecule has 1 atom stereocenters. The summed E-state index contributed by atoms with van der Waals surface area (Å²) >= 11 is 5.81. The summed E-state index contributed by atoms with van der Waals surface area (Å²) in [6.07, 6.45) is 5.02. The van der Waals surface area contributed by atoms with Crippen LogP contribution in [0.25, 0.3) is 0 Å². The van der Waals surface area contributed by atoms with Crippen molar-refractivity contribution in [3.8, 4) is 18.1 Å². The minimum Gasteiger partial charge on any atom is -0.481 e. The Morgan fingerprint density at radius 1 is 1.65 bits per heavy atom. The maximum Gasteiger partial charge on any atom is 0.260 e. The third-order valence-electron chi connectivity index (χ3n) is 2.05. The van der Waals surface area contributed by atoms with Crippen molar-refractivity contribution in [2.24, 2.45) is 0 Å². The highest BCUT2D eigenvalue weighted by atomic mass is 35.5. The number of carbonyl (C=O) groups excluding carboxylic acids is 1. The molecular formula is C13H14ClNO2. The van der Waals surface area contributed by atoms with Gasteiger partial charge in [-0.2, -0.15) is 0 Å². The molecule has 0 radical (unpaired) electrons. The highest BCUT2D eigenvalue weighted by molar-refractivity contribution is 6.30. The summed E-state index contributed by atoms with van der Waals surface area (Å²) in [5, 5.41) is 3.25. The Morgan fingerprint density at radius 2 is 2.41 bits per heavy atom. The number of carbonyl (C=O) groups is 1. The first-order chi connectivity index (χ1) is 8.13. The lowest BCUT2D eigenvalue weighted by Gasteiger charge is -2.14. The molecule has 1 amide bonds. The smallest absolute Gasteiger partial charge is 0.260 e. The molecule has 3 nitrogen and oxygen atoms in total. The number of benzene rings is 1. The van der Waals surface area contributed by atoms with Crippen LogP contribution in [0, 0.1) is 12.3 Å². The summed E-state index contributed by atoms with van der Waals surface area (Å²) in [5.41, 5.74) is 0. The van der Waals surface area contributed by atoms with Gasteiger partial charge in [0.1, 0.15) is 5.75 Å². The number of ether oxygens (including phenoxy) is 1. The number of nitrogens with one attached hydrogen (secondary N) is 1. The lowest BCUT2D eigenvalue weighted by Crippen LogP contribution is -2.36. The van der Waals surface area contributed by atoms with Gasteiger partial charge < -0.3 is 10.1 Å². The van der Waals surface area contributed by atoms with Crippen molar-refractivity contribution >= 4 is 17.5 Å². The van der Waals surface area contributed by atoms with E-state index < -0.39 is 6.10 Å². The number of rotatable bonds is 5. The fraction of sp³-hybridized carbons (Fsp3) is 0.308. The zero-order chi connectivity index (χ0) is 12.7. The number of hydrogen-bond donors (Lipinski definition) is 1. The monoisotopic (exact) mass is 251 g/mol. The molecule has 1 N–H and O–H groups in total. The lowest BCUT2D eigenvalue weighted by atomic mass is 10.3. The Labute approximate surface area is 106 Å². The van der Waals surface area contributed by atoms with Crippen LogP contribution in [-0.4, -0.2) is 18.6 Å². The van der Waals surface area contributed by atoms with Crippen LogP contribution >= 0.6 is 11.6 Å². The summed E-state index contributed by atoms with van der Waals surface area (Å²) in [5.74, 6) is 2.82. The first-order valence-corrected chi connectivity index (χ1v) is 5.64. The third kappa shape index (κ3) is 4.80. The van der Waals surface area contributed by atoms with E-state index in [0.717, 1.165) is 0 Å². The molecule has 1 rings (SSSR count). The molecule has 0 aromatic heterocycles. The topological polar surface area (TPSA) is 38.3 Å². The Hall–Kier alpha value is -1.66. The van der Waals surface area contributed by atoms with E-state index in [0.29, 0.717) is 23.7 Å². The molecular weight excluding hydrogens is 238 g/mol.